The second-order valence-electron chi connectivity index (χ2n) is 6.09. The fourth-order valence-electron chi connectivity index (χ4n) is 2.39. The van der Waals surface area contributed by atoms with Gasteiger partial charge in [0.1, 0.15) is 5.82 Å². The molecule has 2 aromatic carbocycles. The molecule has 0 spiro atoms. The van der Waals surface area contributed by atoms with E-state index in [2.05, 4.69) is 10.1 Å². The molecule has 142 valence electrons. The van der Waals surface area contributed by atoms with Gasteiger partial charge >= 0.3 is 0 Å². The van der Waals surface area contributed by atoms with E-state index in [9.17, 15) is 12.8 Å². The molecule has 0 fully saturated rings. The molecule has 27 heavy (non-hydrogen) atoms. The average Bonchev–Trinajstić information content (AvgIpc) is 3.07. The zero-order valence-electron chi connectivity index (χ0n) is 14.7. The smallest absolute Gasteiger partial charge is 0.242 e. The van der Waals surface area contributed by atoms with E-state index in [4.69, 9.17) is 16.1 Å². The van der Waals surface area contributed by atoms with Crippen molar-refractivity contribution < 1.29 is 17.3 Å². The van der Waals surface area contributed by atoms with Crippen molar-refractivity contribution in [2.75, 3.05) is 7.05 Å². The van der Waals surface area contributed by atoms with Crippen LogP contribution in [0, 0.1) is 12.7 Å². The highest BCUT2D eigenvalue weighted by atomic mass is 35.5. The van der Waals surface area contributed by atoms with Gasteiger partial charge in [-0.25, -0.2) is 12.8 Å². The summed E-state index contributed by atoms with van der Waals surface area (Å²) in [5.41, 5.74) is 1.79. The Bertz CT molecular complexity index is 1030. The molecule has 1 aromatic heterocycles. The van der Waals surface area contributed by atoms with Gasteiger partial charge in [-0.15, -0.1) is 0 Å². The minimum atomic E-state index is -3.84. The van der Waals surface area contributed by atoms with E-state index in [0.29, 0.717) is 5.82 Å². The summed E-state index contributed by atoms with van der Waals surface area (Å²) in [5, 5.41) is 3.94. The summed E-state index contributed by atoms with van der Waals surface area (Å²) >= 11 is 5.92. The summed E-state index contributed by atoms with van der Waals surface area (Å²) < 4.78 is 45.1. The van der Waals surface area contributed by atoms with E-state index in [0.717, 1.165) is 15.4 Å². The zero-order valence-corrected chi connectivity index (χ0v) is 16.3. The molecule has 0 N–H and O–H groups in total. The lowest BCUT2D eigenvalue weighted by atomic mass is 10.1. The van der Waals surface area contributed by atoms with E-state index in [1.165, 1.54) is 25.2 Å². The Balaban J connectivity index is 1.75. The van der Waals surface area contributed by atoms with Crippen molar-refractivity contribution in [1.82, 2.24) is 14.4 Å². The van der Waals surface area contributed by atoms with Gasteiger partial charge in [0.2, 0.25) is 21.7 Å². The Labute approximate surface area is 161 Å². The first kappa shape index (κ1) is 19.5. The van der Waals surface area contributed by atoms with E-state index in [1.807, 2.05) is 31.2 Å². The van der Waals surface area contributed by atoms with Crippen molar-refractivity contribution in [2.24, 2.45) is 0 Å². The second kappa shape index (κ2) is 7.75. The summed E-state index contributed by atoms with van der Waals surface area (Å²) in [5.74, 6) is -0.725. The minimum Gasteiger partial charge on any atom is -0.338 e. The number of aryl methyl sites for hydroxylation is 1. The van der Waals surface area contributed by atoms with Gasteiger partial charge in [-0.05, 0) is 19.1 Å². The molecule has 0 aliphatic carbocycles. The van der Waals surface area contributed by atoms with Gasteiger partial charge in [-0.2, -0.15) is 9.29 Å². The highest BCUT2D eigenvalue weighted by molar-refractivity contribution is 7.88. The van der Waals surface area contributed by atoms with Crippen molar-refractivity contribution in [1.29, 1.82) is 0 Å². The molecular weight excluding hydrogens is 393 g/mol. The average molecular weight is 410 g/mol. The van der Waals surface area contributed by atoms with E-state index in [-0.39, 0.29) is 23.0 Å². The van der Waals surface area contributed by atoms with Gasteiger partial charge < -0.3 is 4.52 Å². The Morgan fingerprint density at radius 1 is 1.19 bits per heavy atom. The van der Waals surface area contributed by atoms with Crippen LogP contribution in [0.25, 0.3) is 11.4 Å². The number of aromatic nitrogens is 2. The van der Waals surface area contributed by atoms with Crippen LogP contribution in [0.3, 0.4) is 0 Å². The van der Waals surface area contributed by atoms with Crippen molar-refractivity contribution in [3.63, 3.8) is 0 Å². The fraction of sp³-hybridized carbons (Fsp3) is 0.222. The van der Waals surface area contributed by atoms with Crippen molar-refractivity contribution in [3.8, 4) is 11.4 Å². The first-order valence-corrected chi connectivity index (χ1v) is 10.0. The van der Waals surface area contributed by atoms with Crippen LogP contribution in [0.5, 0.6) is 0 Å². The topological polar surface area (TPSA) is 76.3 Å². The van der Waals surface area contributed by atoms with Crippen LogP contribution in [-0.4, -0.2) is 29.9 Å². The fourth-order valence-corrected chi connectivity index (χ4v) is 3.89. The number of sulfonamides is 1. The van der Waals surface area contributed by atoms with Crippen LogP contribution in [0.15, 0.2) is 47.0 Å². The Morgan fingerprint density at radius 2 is 1.89 bits per heavy atom. The zero-order chi connectivity index (χ0) is 19.6. The molecule has 3 rings (SSSR count). The molecule has 0 radical (unpaired) electrons. The molecule has 3 aromatic rings. The van der Waals surface area contributed by atoms with Crippen molar-refractivity contribution in [3.05, 3.63) is 70.3 Å². The predicted octanol–water partition coefficient (Wildman–Crippen LogP) is 3.80. The Morgan fingerprint density at radius 3 is 2.56 bits per heavy atom. The predicted molar refractivity (Wildman–Crippen MR) is 100.0 cm³/mol. The first-order chi connectivity index (χ1) is 12.8. The number of nitrogens with zero attached hydrogens (tertiary/aromatic N) is 3. The molecule has 6 nitrogen and oxygen atoms in total. The molecule has 0 amide bonds. The van der Waals surface area contributed by atoms with Gasteiger partial charge in [0, 0.05) is 23.2 Å². The normalized spacial score (nSPS) is 11.9. The molecule has 1 heterocycles. The molecule has 0 saturated heterocycles. The molecule has 0 atom stereocenters. The first-order valence-electron chi connectivity index (χ1n) is 8.03. The molecule has 0 saturated carbocycles. The van der Waals surface area contributed by atoms with E-state index < -0.39 is 21.6 Å². The molecule has 0 aliphatic rings. The third kappa shape index (κ3) is 4.52. The molecule has 0 bridgehead atoms. The monoisotopic (exact) mass is 409 g/mol. The van der Waals surface area contributed by atoms with Gasteiger partial charge in [0.25, 0.3) is 0 Å². The van der Waals surface area contributed by atoms with Crippen molar-refractivity contribution in [2.45, 2.75) is 19.2 Å². The highest BCUT2D eigenvalue weighted by Crippen LogP contribution is 2.23. The summed E-state index contributed by atoms with van der Waals surface area (Å²) in [7, 11) is -2.48. The lowest BCUT2D eigenvalue weighted by Crippen LogP contribution is -2.28. The summed E-state index contributed by atoms with van der Waals surface area (Å²) in [6.07, 6.45) is 0. The standard InChI is InChI=1S/C18H17ClFN3O3S/c1-12-6-8-13(9-7-12)18-21-17(26-22-18)10-23(2)27(24,25)11-14-15(19)4-3-5-16(14)20/h3-9H,10-11H2,1-2H3. The summed E-state index contributed by atoms with van der Waals surface area (Å²) in [6, 6.07) is 11.6. The van der Waals surface area contributed by atoms with Crippen LogP contribution < -0.4 is 0 Å². The number of halogens is 2. The Kier molecular flexibility index (Phi) is 5.59. The molecule has 0 aliphatic heterocycles. The molecule has 9 heteroatoms. The van der Waals surface area contributed by atoms with Crippen LogP contribution >= 0.6 is 11.6 Å². The second-order valence-corrected chi connectivity index (χ2v) is 8.57. The van der Waals surface area contributed by atoms with Crippen LogP contribution in [0.2, 0.25) is 5.02 Å². The van der Waals surface area contributed by atoms with Crippen LogP contribution in [0.4, 0.5) is 4.39 Å². The highest BCUT2D eigenvalue weighted by Gasteiger charge is 2.24. The van der Waals surface area contributed by atoms with Crippen LogP contribution in [-0.2, 0) is 22.3 Å². The lowest BCUT2D eigenvalue weighted by Gasteiger charge is -2.16. The van der Waals surface area contributed by atoms with Gasteiger partial charge in [0.15, 0.2) is 0 Å². The third-order valence-electron chi connectivity index (χ3n) is 4.00. The number of hydrogen-bond acceptors (Lipinski definition) is 5. The van der Waals surface area contributed by atoms with Gasteiger partial charge in [-0.3, -0.25) is 0 Å². The third-order valence-corrected chi connectivity index (χ3v) is 6.09. The van der Waals surface area contributed by atoms with Crippen molar-refractivity contribution >= 4 is 21.6 Å². The summed E-state index contributed by atoms with van der Waals surface area (Å²) in [4.78, 5) is 4.22. The maximum Gasteiger partial charge on any atom is 0.242 e. The van der Waals surface area contributed by atoms with E-state index in [1.54, 1.807) is 0 Å². The molecular formula is C18H17ClFN3O3S. The SMILES string of the molecule is Cc1ccc(-c2noc(CN(C)S(=O)(=O)Cc3c(F)cccc3Cl)n2)cc1. The lowest BCUT2D eigenvalue weighted by molar-refractivity contribution is 0.336. The Hall–Kier alpha value is -2.29. The number of hydrogen-bond donors (Lipinski definition) is 0. The maximum absolute atomic E-state index is 13.9. The number of rotatable bonds is 6. The van der Waals surface area contributed by atoms with Gasteiger partial charge in [-0.1, -0.05) is 52.7 Å². The largest absolute Gasteiger partial charge is 0.338 e. The van der Waals surface area contributed by atoms with Crippen LogP contribution in [0.1, 0.15) is 17.0 Å². The minimum absolute atomic E-state index is 0.0615. The van der Waals surface area contributed by atoms with E-state index >= 15 is 0 Å². The quantitative estimate of drug-likeness (QED) is 0.619. The number of benzene rings is 2. The maximum atomic E-state index is 13.9. The summed E-state index contributed by atoms with van der Waals surface area (Å²) in [6.45, 7) is 1.83. The molecule has 0 unspecified atom stereocenters. The van der Waals surface area contributed by atoms with Gasteiger partial charge in [0.05, 0.1) is 12.3 Å².